The van der Waals surface area contributed by atoms with E-state index in [9.17, 15) is 0 Å². The van der Waals surface area contributed by atoms with E-state index in [1.807, 2.05) is 18.3 Å². The standard InChI is InChI=1S/C20H24N8O/c1-26(18-3-6-22-20(25-18)27-8-10-29-11-9-27)15-4-7-28(13-15)19-16-2-5-21-12-17(16)23-14-24-19/h2-3,5-6,12,14-15H,4,7-11,13H2,1H3. The largest absolute Gasteiger partial charge is 0.378 e. The fraction of sp³-hybridized carbons (Fsp3) is 0.450. The summed E-state index contributed by atoms with van der Waals surface area (Å²) in [6.07, 6.45) is 8.10. The molecular weight excluding hydrogens is 368 g/mol. The van der Waals surface area contributed by atoms with Gasteiger partial charge in [-0.25, -0.2) is 15.0 Å². The van der Waals surface area contributed by atoms with Crippen molar-refractivity contribution >= 4 is 28.5 Å². The van der Waals surface area contributed by atoms with Crippen LogP contribution in [0.25, 0.3) is 10.9 Å². The second kappa shape index (κ2) is 7.75. The first-order valence-corrected chi connectivity index (χ1v) is 9.98. The summed E-state index contributed by atoms with van der Waals surface area (Å²) < 4.78 is 5.44. The Morgan fingerprint density at radius 3 is 2.83 bits per heavy atom. The number of aromatic nitrogens is 5. The Morgan fingerprint density at radius 2 is 1.93 bits per heavy atom. The topological polar surface area (TPSA) is 83.4 Å². The van der Waals surface area contributed by atoms with E-state index >= 15 is 0 Å². The molecule has 5 rings (SSSR count). The Bertz CT molecular complexity index is 988. The number of morpholine rings is 1. The molecule has 2 aliphatic rings. The zero-order valence-electron chi connectivity index (χ0n) is 16.5. The van der Waals surface area contributed by atoms with Crippen LogP contribution < -0.4 is 14.7 Å². The molecule has 0 aliphatic carbocycles. The first kappa shape index (κ1) is 18.0. The summed E-state index contributed by atoms with van der Waals surface area (Å²) in [5.41, 5.74) is 0.875. The van der Waals surface area contributed by atoms with Crippen molar-refractivity contribution in [2.24, 2.45) is 0 Å². The summed E-state index contributed by atoms with van der Waals surface area (Å²) >= 11 is 0. The van der Waals surface area contributed by atoms with Gasteiger partial charge < -0.3 is 19.4 Å². The molecule has 0 aromatic carbocycles. The fourth-order valence-corrected chi connectivity index (χ4v) is 4.03. The van der Waals surface area contributed by atoms with Crippen molar-refractivity contribution in [2.75, 3.05) is 61.1 Å². The van der Waals surface area contributed by atoms with Crippen LogP contribution in [0.2, 0.25) is 0 Å². The van der Waals surface area contributed by atoms with E-state index in [2.05, 4.69) is 41.7 Å². The van der Waals surface area contributed by atoms with E-state index in [-0.39, 0.29) is 0 Å². The molecule has 0 spiro atoms. The lowest BCUT2D eigenvalue weighted by molar-refractivity contribution is 0.122. The van der Waals surface area contributed by atoms with Crippen LogP contribution in [0.15, 0.2) is 37.1 Å². The van der Waals surface area contributed by atoms with Gasteiger partial charge in [0.1, 0.15) is 18.0 Å². The highest BCUT2D eigenvalue weighted by atomic mass is 16.5. The molecule has 2 fully saturated rings. The molecule has 0 amide bonds. The second-order valence-corrected chi connectivity index (χ2v) is 7.40. The Balaban J connectivity index is 1.33. The average molecular weight is 392 g/mol. The minimum absolute atomic E-state index is 0.356. The van der Waals surface area contributed by atoms with Gasteiger partial charge in [0.2, 0.25) is 5.95 Å². The summed E-state index contributed by atoms with van der Waals surface area (Å²) in [4.78, 5) is 29.1. The number of rotatable bonds is 4. The van der Waals surface area contributed by atoms with Crippen LogP contribution in [0, 0.1) is 0 Å². The van der Waals surface area contributed by atoms with Gasteiger partial charge in [0, 0.05) is 57.0 Å². The van der Waals surface area contributed by atoms with Crippen molar-refractivity contribution in [3.05, 3.63) is 37.1 Å². The molecule has 3 aromatic heterocycles. The molecule has 9 nitrogen and oxygen atoms in total. The van der Waals surface area contributed by atoms with Crippen LogP contribution in [-0.4, -0.2) is 77.4 Å². The van der Waals surface area contributed by atoms with Gasteiger partial charge in [0.25, 0.3) is 0 Å². The molecule has 29 heavy (non-hydrogen) atoms. The van der Waals surface area contributed by atoms with Gasteiger partial charge in [-0.3, -0.25) is 4.98 Å². The predicted octanol–water partition coefficient (Wildman–Crippen LogP) is 1.37. The Morgan fingerprint density at radius 1 is 1.03 bits per heavy atom. The Labute approximate surface area is 169 Å². The van der Waals surface area contributed by atoms with E-state index in [0.29, 0.717) is 6.04 Å². The lowest BCUT2D eigenvalue weighted by Gasteiger charge is -2.29. The van der Waals surface area contributed by atoms with Crippen LogP contribution in [0.5, 0.6) is 0 Å². The van der Waals surface area contributed by atoms with Crippen molar-refractivity contribution in [1.29, 1.82) is 0 Å². The van der Waals surface area contributed by atoms with Gasteiger partial charge in [0.15, 0.2) is 0 Å². The molecule has 3 aromatic rings. The Kier molecular flexibility index (Phi) is 4.81. The maximum Gasteiger partial charge on any atom is 0.227 e. The van der Waals surface area contributed by atoms with E-state index in [0.717, 1.165) is 74.3 Å². The highest BCUT2D eigenvalue weighted by Crippen LogP contribution is 2.28. The van der Waals surface area contributed by atoms with Crippen molar-refractivity contribution in [2.45, 2.75) is 12.5 Å². The highest BCUT2D eigenvalue weighted by Gasteiger charge is 2.29. The second-order valence-electron chi connectivity index (χ2n) is 7.40. The van der Waals surface area contributed by atoms with Crippen molar-refractivity contribution in [1.82, 2.24) is 24.9 Å². The third kappa shape index (κ3) is 3.53. The number of hydrogen-bond donors (Lipinski definition) is 0. The van der Waals surface area contributed by atoms with Crippen LogP contribution in [0.3, 0.4) is 0 Å². The number of anilines is 3. The van der Waals surface area contributed by atoms with Crippen molar-refractivity contribution in [3.63, 3.8) is 0 Å². The molecule has 1 unspecified atom stereocenters. The highest BCUT2D eigenvalue weighted by molar-refractivity contribution is 5.88. The van der Waals surface area contributed by atoms with Crippen molar-refractivity contribution < 1.29 is 4.74 Å². The third-order valence-electron chi connectivity index (χ3n) is 5.71. The maximum absolute atomic E-state index is 5.44. The SMILES string of the molecule is CN(c1ccnc(N2CCOCC2)n1)C1CCN(c2ncnc3cnccc23)C1. The lowest BCUT2D eigenvalue weighted by Crippen LogP contribution is -2.38. The first-order valence-electron chi connectivity index (χ1n) is 9.98. The molecule has 0 radical (unpaired) electrons. The molecule has 0 saturated carbocycles. The van der Waals surface area contributed by atoms with Gasteiger partial charge in [-0.2, -0.15) is 4.98 Å². The molecule has 0 N–H and O–H groups in total. The van der Waals surface area contributed by atoms with Crippen LogP contribution in [0.4, 0.5) is 17.6 Å². The molecule has 9 heteroatoms. The summed E-state index contributed by atoms with van der Waals surface area (Å²) in [5, 5.41) is 1.04. The molecule has 150 valence electrons. The quantitative estimate of drug-likeness (QED) is 0.653. The molecular formula is C20H24N8O. The zero-order chi connectivity index (χ0) is 19.6. The zero-order valence-corrected chi connectivity index (χ0v) is 16.5. The average Bonchev–Trinajstić information content (AvgIpc) is 3.29. The van der Waals surface area contributed by atoms with Gasteiger partial charge in [-0.15, -0.1) is 0 Å². The number of fused-ring (bicyclic) bond motifs is 1. The number of nitrogens with zero attached hydrogens (tertiary/aromatic N) is 8. The number of likely N-dealkylation sites (N-methyl/N-ethyl adjacent to an activating group) is 1. The summed E-state index contributed by atoms with van der Waals surface area (Å²) in [7, 11) is 2.11. The van der Waals surface area contributed by atoms with Crippen molar-refractivity contribution in [3.8, 4) is 0 Å². The molecule has 1 atom stereocenters. The fourth-order valence-electron chi connectivity index (χ4n) is 4.03. The summed E-state index contributed by atoms with van der Waals surface area (Å²) in [6.45, 7) is 4.96. The summed E-state index contributed by atoms with van der Waals surface area (Å²) in [5.74, 6) is 2.71. The normalized spacial score (nSPS) is 19.7. The first-order chi connectivity index (χ1) is 14.3. The van der Waals surface area contributed by atoms with Gasteiger partial charge in [-0.05, 0) is 18.6 Å². The Hall–Kier alpha value is -3.07. The number of hydrogen-bond acceptors (Lipinski definition) is 9. The molecule has 5 heterocycles. The number of pyridine rings is 1. The number of ether oxygens (including phenoxy) is 1. The van der Waals surface area contributed by atoms with Gasteiger partial charge >= 0.3 is 0 Å². The third-order valence-corrected chi connectivity index (χ3v) is 5.71. The smallest absolute Gasteiger partial charge is 0.227 e. The summed E-state index contributed by atoms with van der Waals surface area (Å²) in [6, 6.07) is 4.33. The van der Waals surface area contributed by atoms with E-state index in [4.69, 9.17) is 9.72 Å². The predicted molar refractivity (Wildman–Crippen MR) is 111 cm³/mol. The van der Waals surface area contributed by atoms with Gasteiger partial charge in [0.05, 0.1) is 24.9 Å². The minimum atomic E-state index is 0.356. The van der Waals surface area contributed by atoms with E-state index < -0.39 is 0 Å². The minimum Gasteiger partial charge on any atom is -0.378 e. The van der Waals surface area contributed by atoms with Gasteiger partial charge in [-0.1, -0.05) is 0 Å². The van der Waals surface area contributed by atoms with Crippen LogP contribution in [-0.2, 0) is 4.74 Å². The van der Waals surface area contributed by atoms with E-state index in [1.54, 1.807) is 18.7 Å². The van der Waals surface area contributed by atoms with E-state index in [1.165, 1.54) is 0 Å². The molecule has 0 bridgehead atoms. The monoisotopic (exact) mass is 392 g/mol. The molecule has 2 saturated heterocycles. The molecule has 2 aliphatic heterocycles. The van der Waals surface area contributed by atoms with Crippen LogP contribution in [0.1, 0.15) is 6.42 Å². The van der Waals surface area contributed by atoms with Crippen LogP contribution >= 0.6 is 0 Å². The lowest BCUT2D eigenvalue weighted by atomic mass is 10.2. The maximum atomic E-state index is 5.44.